The summed E-state index contributed by atoms with van der Waals surface area (Å²) in [4.78, 5) is 10.6. The lowest BCUT2D eigenvalue weighted by Crippen LogP contribution is -2.14. The first-order valence-electron chi connectivity index (χ1n) is 6.55. The molecule has 2 aromatic rings. The van der Waals surface area contributed by atoms with Crippen LogP contribution in [0.2, 0.25) is 0 Å². The first kappa shape index (κ1) is 17.5. The summed E-state index contributed by atoms with van der Waals surface area (Å²) < 4.78 is 50.5. The molecule has 2 rings (SSSR count). The third kappa shape index (κ3) is 3.74. The minimum Gasteiger partial charge on any atom is -0.497 e. The van der Waals surface area contributed by atoms with Gasteiger partial charge in [-0.3, -0.25) is 4.72 Å². The molecule has 0 spiro atoms. The van der Waals surface area contributed by atoms with Crippen LogP contribution in [0.5, 0.6) is 11.5 Å². The zero-order valence-corrected chi connectivity index (χ0v) is 13.6. The van der Waals surface area contributed by atoms with Gasteiger partial charge in [-0.1, -0.05) is 0 Å². The molecular formula is C15H14FNO6S. The number of carboxylic acids is 1. The van der Waals surface area contributed by atoms with Crippen LogP contribution in [-0.4, -0.2) is 33.7 Å². The Labute approximate surface area is 137 Å². The minimum atomic E-state index is -4.13. The molecule has 0 unspecified atom stereocenters. The summed E-state index contributed by atoms with van der Waals surface area (Å²) in [5.74, 6) is -1.87. The molecule has 0 atom stereocenters. The first-order chi connectivity index (χ1) is 11.3. The van der Waals surface area contributed by atoms with Crippen LogP contribution in [-0.2, 0) is 10.0 Å². The molecule has 0 saturated heterocycles. The standard InChI is InChI=1S/C15H14FNO6S/c1-22-10-5-9(6-11(7-10)23-2)17-24(20,21)12-3-4-14(16)13(8-12)15(18)19/h3-8,17H,1-2H3,(H,18,19). The van der Waals surface area contributed by atoms with Gasteiger partial charge in [0.05, 0.1) is 30.4 Å². The van der Waals surface area contributed by atoms with Gasteiger partial charge in [0.1, 0.15) is 17.3 Å². The van der Waals surface area contributed by atoms with Gasteiger partial charge in [-0.25, -0.2) is 17.6 Å². The first-order valence-corrected chi connectivity index (χ1v) is 8.04. The van der Waals surface area contributed by atoms with Crippen molar-refractivity contribution in [3.05, 3.63) is 47.8 Å². The number of hydrogen-bond donors (Lipinski definition) is 2. The normalized spacial score (nSPS) is 11.0. The number of carboxylic acid groups (broad SMARTS) is 1. The second-order valence-corrected chi connectivity index (χ2v) is 6.34. The largest absolute Gasteiger partial charge is 0.497 e. The van der Waals surface area contributed by atoms with Gasteiger partial charge < -0.3 is 14.6 Å². The summed E-state index contributed by atoms with van der Waals surface area (Å²) in [6.07, 6.45) is 0. The highest BCUT2D eigenvalue weighted by Crippen LogP contribution is 2.27. The van der Waals surface area contributed by atoms with E-state index < -0.39 is 27.4 Å². The lowest BCUT2D eigenvalue weighted by molar-refractivity contribution is 0.0691. The Morgan fingerprint density at radius 3 is 2.17 bits per heavy atom. The Balaban J connectivity index is 2.42. The van der Waals surface area contributed by atoms with E-state index >= 15 is 0 Å². The average molecular weight is 355 g/mol. The molecule has 2 aromatic carbocycles. The Morgan fingerprint density at radius 1 is 1.08 bits per heavy atom. The van der Waals surface area contributed by atoms with Crippen LogP contribution >= 0.6 is 0 Å². The molecule has 128 valence electrons. The van der Waals surface area contributed by atoms with E-state index in [0.717, 1.165) is 18.2 Å². The molecule has 0 bridgehead atoms. The number of anilines is 1. The van der Waals surface area contributed by atoms with Crippen LogP contribution in [0, 0.1) is 5.82 Å². The quantitative estimate of drug-likeness (QED) is 0.825. The van der Waals surface area contributed by atoms with Crippen molar-refractivity contribution in [3.63, 3.8) is 0 Å². The lowest BCUT2D eigenvalue weighted by Gasteiger charge is -2.12. The molecule has 0 radical (unpaired) electrons. The molecule has 2 N–H and O–H groups in total. The molecule has 0 aliphatic carbocycles. The van der Waals surface area contributed by atoms with Crippen LogP contribution in [0.25, 0.3) is 0 Å². The van der Waals surface area contributed by atoms with Gasteiger partial charge in [-0.05, 0) is 18.2 Å². The number of hydrogen-bond acceptors (Lipinski definition) is 5. The number of nitrogens with one attached hydrogen (secondary N) is 1. The zero-order chi connectivity index (χ0) is 17.9. The van der Waals surface area contributed by atoms with Crippen molar-refractivity contribution < 1.29 is 32.2 Å². The zero-order valence-electron chi connectivity index (χ0n) is 12.7. The van der Waals surface area contributed by atoms with Crippen molar-refractivity contribution in [2.24, 2.45) is 0 Å². The van der Waals surface area contributed by atoms with Gasteiger partial charge in [-0.15, -0.1) is 0 Å². The monoisotopic (exact) mass is 355 g/mol. The van der Waals surface area contributed by atoms with E-state index in [2.05, 4.69) is 4.72 Å². The molecule has 0 amide bonds. The number of rotatable bonds is 6. The van der Waals surface area contributed by atoms with E-state index in [1.165, 1.54) is 26.4 Å². The lowest BCUT2D eigenvalue weighted by atomic mass is 10.2. The summed E-state index contributed by atoms with van der Waals surface area (Å²) in [5, 5.41) is 8.89. The number of ether oxygens (including phenoxy) is 2. The third-order valence-corrected chi connectivity index (χ3v) is 4.46. The van der Waals surface area contributed by atoms with Gasteiger partial charge in [0.25, 0.3) is 10.0 Å². The van der Waals surface area contributed by atoms with Gasteiger partial charge in [0.15, 0.2) is 0 Å². The SMILES string of the molecule is COc1cc(NS(=O)(=O)c2ccc(F)c(C(=O)O)c2)cc(OC)c1. The maximum Gasteiger partial charge on any atom is 0.338 e. The second kappa shape index (κ2) is 6.75. The topological polar surface area (TPSA) is 102 Å². The van der Waals surface area contributed by atoms with Crippen LogP contribution in [0.1, 0.15) is 10.4 Å². The number of carbonyl (C=O) groups is 1. The molecule has 24 heavy (non-hydrogen) atoms. The Kier molecular flexibility index (Phi) is 4.93. The predicted octanol–water partition coefficient (Wildman–Crippen LogP) is 2.34. The van der Waals surface area contributed by atoms with Crippen LogP contribution in [0.4, 0.5) is 10.1 Å². The number of halogens is 1. The number of benzene rings is 2. The van der Waals surface area contributed by atoms with Crippen molar-refractivity contribution in [1.82, 2.24) is 0 Å². The maximum atomic E-state index is 13.4. The van der Waals surface area contributed by atoms with Gasteiger partial charge in [0, 0.05) is 18.2 Å². The fraction of sp³-hybridized carbons (Fsp3) is 0.133. The van der Waals surface area contributed by atoms with Crippen molar-refractivity contribution in [2.45, 2.75) is 4.90 Å². The molecule has 0 aliphatic rings. The molecule has 9 heteroatoms. The minimum absolute atomic E-state index is 0.146. The van der Waals surface area contributed by atoms with Crippen LogP contribution in [0.3, 0.4) is 0 Å². The van der Waals surface area contributed by atoms with Crippen molar-refractivity contribution in [2.75, 3.05) is 18.9 Å². The fourth-order valence-electron chi connectivity index (χ4n) is 1.92. The van der Waals surface area contributed by atoms with Gasteiger partial charge in [0.2, 0.25) is 0 Å². The number of aromatic carboxylic acids is 1. The molecule has 7 nitrogen and oxygen atoms in total. The second-order valence-electron chi connectivity index (χ2n) is 4.65. The van der Waals surface area contributed by atoms with Gasteiger partial charge >= 0.3 is 5.97 Å². The summed E-state index contributed by atoms with van der Waals surface area (Å²) in [6, 6.07) is 6.89. The van der Waals surface area contributed by atoms with Crippen LogP contribution < -0.4 is 14.2 Å². The molecule has 0 saturated carbocycles. The molecule has 0 aromatic heterocycles. The van der Waals surface area contributed by atoms with E-state index in [-0.39, 0.29) is 10.6 Å². The van der Waals surface area contributed by atoms with Crippen molar-refractivity contribution in [3.8, 4) is 11.5 Å². The van der Waals surface area contributed by atoms with E-state index in [4.69, 9.17) is 14.6 Å². The molecule has 0 heterocycles. The van der Waals surface area contributed by atoms with Gasteiger partial charge in [-0.2, -0.15) is 0 Å². The highest BCUT2D eigenvalue weighted by atomic mass is 32.2. The Morgan fingerprint density at radius 2 is 1.67 bits per heavy atom. The van der Waals surface area contributed by atoms with E-state index in [1.54, 1.807) is 6.07 Å². The fourth-order valence-corrected chi connectivity index (χ4v) is 2.98. The Hall–Kier alpha value is -2.81. The predicted molar refractivity (Wildman–Crippen MR) is 83.7 cm³/mol. The van der Waals surface area contributed by atoms with E-state index in [9.17, 15) is 17.6 Å². The number of sulfonamides is 1. The highest BCUT2D eigenvalue weighted by molar-refractivity contribution is 7.92. The molecule has 0 aliphatic heterocycles. The van der Waals surface area contributed by atoms with E-state index in [1.807, 2.05) is 0 Å². The highest BCUT2D eigenvalue weighted by Gasteiger charge is 2.20. The van der Waals surface area contributed by atoms with Crippen molar-refractivity contribution >= 4 is 21.7 Å². The molecule has 0 fully saturated rings. The summed E-state index contributed by atoms with van der Waals surface area (Å²) >= 11 is 0. The summed E-state index contributed by atoms with van der Waals surface area (Å²) in [5.41, 5.74) is -0.589. The number of methoxy groups -OCH3 is 2. The average Bonchev–Trinajstić information content (AvgIpc) is 2.53. The third-order valence-electron chi connectivity index (χ3n) is 3.08. The smallest absolute Gasteiger partial charge is 0.338 e. The maximum absolute atomic E-state index is 13.4. The Bertz CT molecular complexity index is 859. The molecular weight excluding hydrogens is 341 g/mol. The van der Waals surface area contributed by atoms with Crippen molar-refractivity contribution in [1.29, 1.82) is 0 Å². The summed E-state index contributed by atoms with van der Waals surface area (Å²) in [6.45, 7) is 0. The summed E-state index contributed by atoms with van der Waals surface area (Å²) in [7, 11) is -1.31. The van der Waals surface area contributed by atoms with Crippen LogP contribution in [0.15, 0.2) is 41.3 Å². The van der Waals surface area contributed by atoms with E-state index in [0.29, 0.717) is 11.5 Å².